The highest BCUT2D eigenvalue weighted by atomic mass is 32.2. The van der Waals surface area contributed by atoms with Crippen LogP contribution < -0.4 is 10.6 Å². The summed E-state index contributed by atoms with van der Waals surface area (Å²) in [5.74, 6) is -0.0791. The molecule has 9 heteroatoms. The fourth-order valence-electron chi connectivity index (χ4n) is 3.42. The van der Waals surface area contributed by atoms with E-state index in [9.17, 15) is 9.59 Å². The van der Waals surface area contributed by atoms with E-state index in [1.807, 2.05) is 84.9 Å². The van der Waals surface area contributed by atoms with E-state index in [-0.39, 0.29) is 23.3 Å². The summed E-state index contributed by atoms with van der Waals surface area (Å²) in [5, 5.41) is 6.79. The molecular weight excluding hydrogens is 497 g/mol. The maximum absolute atomic E-state index is 12.6. The third-order valence-corrected chi connectivity index (χ3v) is 7.87. The minimum atomic E-state index is -0.198. The lowest BCUT2D eigenvalue weighted by molar-refractivity contribution is -0.114. The van der Waals surface area contributed by atoms with Crippen molar-refractivity contribution in [2.45, 2.75) is 0 Å². The summed E-state index contributed by atoms with van der Waals surface area (Å²) in [6.07, 6.45) is 0. The standard InChI is InChI=1S/C26H20N4O2S3/c31-21(28-25-27-19-13-7-8-14-20(19)34-25)15-33-16-22(32)29-26-30-23(17-9-3-1-4-10-17)24(35-26)18-11-5-2-6-12-18/h1-14H,15-16H2,(H,27,28,31)(H,29,30,32). The number of aromatic nitrogens is 2. The van der Waals surface area contributed by atoms with E-state index in [1.165, 1.54) is 34.4 Å². The van der Waals surface area contributed by atoms with Gasteiger partial charge in [0.05, 0.1) is 32.3 Å². The Kier molecular flexibility index (Phi) is 7.17. The van der Waals surface area contributed by atoms with Gasteiger partial charge in [0.15, 0.2) is 10.3 Å². The molecule has 0 spiro atoms. The molecule has 0 unspecified atom stereocenters. The van der Waals surface area contributed by atoms with Gasteiger partial charge < -0.3 is 10.6 Å². The number of thioether (sulfide) groups is 1. The Balaban J connectivity index is 1.19. The zero-order valence-corrected chi connectivity index (χ0v) is 20.9. The number of rotatable bonds is 8. The SMILES string of the molecule is O=C(CSCC(=O)Nc1nc2ccccc2s1)Nc1nc(-c2ccccc2)c(-c2ccccc2)s1. The van der Waals surface area contributed by atoms with Crippen LogP contribution in [0.1, 0.15) is 0 Å². The largest absolute Gasteiger partial charge is 0.301 e. The van der Waals surface area contributed by atoms with Crippen LogP contribution in [0.3, 0.4) is 0 Å². The number of fused-ring (bicyclic) bond motifs is 1. The lowest BCUT2D eigenvalue weighted by atomic mass is 10.1. The first-order chi connectivity index (χ1) is 17.2. The van der Waals surface area contributed by atoms with Gasteiger partial charge in [-0.05, 0) is 17.7 Å². The monoisotopic (exact) mass is 516 g/mol. The first-order valence-electron chi connectivity index (χ1n) is 10.8. The molecule has 3 aromatic carbocycles. The van der Waals surface area contributed by atoms with E-state index in [0.717, 1.165) is 31.9 Å². The molecule has 0 aliphatic carbocycles. The van der Waals surface area contributed by atoms with Crippen LogP contribution in [0.2, 0.25) is 0 Å². The normalized spacial score (nSPS) is 10.9. The third-order valence-electron chi connectivity index (χ3n) is 4.96. The Hall–Kier alpha value is -3.53. The van der Waals surface area contributed by atoms with Crippen molar-refractivity contribution in [1.82, 2.24) is 9.97 Å². The summed E-state index contributed by atoms with van der Waals surface area (Å²) in [6, 6.07) is 27.6. The van der Waals surface area contributed by atoms with E-state index in [1.54, 1.807) is 0 Å². The molecule has 0 saturated carbocycles. The minimum absolute atomic E-state index is 0.147. The lowest BCUT2D eigenvalue weighted by Crippen LogP contribution is -2.18. The average molecular weight is 517 g/mol. The number of carbonyl (C=O) groups is 2. The van der Waals surface area contributed by atoms with Gasteiger partial charge in [-0.2, -0.15) is 0 Å². The number of thiazole rings is 2. The quantitative estimate of drug-likeness (QED) is 0.249. The summed E-state index contributed by atoms with van der Waals surface area (Å²) < 4.78 is 1.02. The van der Waals surface area contributed by atoms with Gasteiger partial charge in [0.25, 0.3) is 0 Å². The predicted molar refractivity (Wildman–Crippen MR) is 147 cm³/mol. The van der Waals surface area contributed by atoms with E-state index in [0.29, 0.717) is 10.3 Å². The smallest absolute Gasteiger partial charge is 0.236 e. The van der Waals surface area contributed by atoms with Crippen LogP contribution >= 0.6 is 34.4 Å². The summed E-state index contributed by atoms with van der Waals surface area (Å²) in [6.45, 7) is 0. The minimum Gasteiger partial charge on any atom is -0.301 e. The Bertz CT molecular complexity index is 1380. The van der Waals surface area contributed by atoms with Gasteiger partial charge in [-0.15, -0.1) is 11.8 Å². The lowest BCUT2D eigenvalue weighted by Gasteiger charge is -2.02. The molecule has 0 aliphatic heterocycles. The van der Waals surface area contributed by atoms with Crippen molar-refractivity contribution in [3.63, 3.8) is 0 Å². The Morgan fingerprint density at radius 2 is 1.26 bits per heavy atom. The number of nitrogens with zero attached hydrogens (tertiary/aromatic N) is 2. The fourth-order valence-corrected chi connectivity index (χ4v) is 5.93. The first-order valence-corrected chi connectivity index (χ1v) is 13.6. The van der Waals surface area contributed by atoms with Crippen molar-refractivity contribution in [2.75, 3.05) is 22.1 Å². The molecule has 0 fully saturated rings. The molecule has 174 valence electrons. The highest BCUT2D eigenvalue weighted by molar-refractivity contribution is 8.00. The maximum atomic E-state index is 12.6. The van der Waals surface area contributed by atoms with Gasteiger partial charge in [-0.25, -0.2) is 9.97 Å². The predicted octanol–water partition coefficient (Wildman–Crippen LogP) is 6.40. The number of anilines is 2. The van der Waals surface area contributed by atoms with E-state index < -0.39 is 0 Å². The van der Waals surface area contributed by atoms with Gasteiger partial charge in [0.1, 0.15) is 0 Å². The molecule has 0 saturated heterocycles. The van der Waals surface area contributed by atoms with Crippen LogP contribution in [-0.4, -0.2) is 33.3 Å². The van der Waals surface area contributed by atoms with Gasteiger partial charge >= 0.3 is 0 Å². The molecule has 35 heavy (non-hydrogen) atoms. The average Bonchev–Trinajstić information content (AvgIpc) is 3.48. The first kappa shape index (κ1) is 23.2. The van der Waals surface area contributed by atoms with E-state index in [2.05, 4.69) is 15.6 Å². The van der Waals surface area contributed by atoms with Crippen molar-refractivity contribution in [1.29, 1.82) is 0 Å². The summed E-state index contributed by atoms with van der Waals surface area (Å²) in [7, 11) is 0. The maximum Gasteiger partial charge on any atom is 0.236 e. The van der Waals surface area contributed by atoms with Crippen LogP contribution in [0, 0.1) is 0 Å². The van der Waals surface area contributed by atoms with Crippen LogP contribution in [0.15, 0.2) is 84.9 Å². The highest BCUT2D eigenvalue weighted by Gasteiger charge is 2.17. The summed E-state index contributed by atoms with van der Waals surface area (Å²) in [5.41, 5.74) is 3.72. The summed E-state index contributed by atoms with van der Waals surface area (Å²) >= 11 is 4.12. The molecule has 5 aromatic rings. The molecule has 2 aromatic heterocycles. The van der Waals surface area contributed by atoms with Gasteiger partial charge in [0.2, 0.25) is 11.8 Å². The molecule has 0 radical (unpaired) electrons. The zero-order chi connectivity index (χ0) is 24.0. The van der Waals surface area contributed by atoms with Gasteiger partial charge in [0, 0.05) is 5.56 Å². The topological polar surface area (TPSA) is 84.0 Å². The number of para-hydroxylation sites is 1. The van der Waals surface area contributed by atoms with Crippen molar-refractivity contribution >= 4 is 66.7 Å². The van der Waals surface area contributed by atoms with E-state index in [4.69, 9.17) is 4.98 Å². The molecule has 0 atom stereocenters. The second-order valence-corrected chi connectivity index (χ2v) is 10.5. The molecule has 6 nitrogen and oxygen atoms in total. The molecule has 5 rings (SSSR count). The Morgan fingerprint density at radius 1 is 0.686 bits per heavy atom. The number of carbonyl (C=O) groups excluding carboxylic acids is 2. The van der Waals surface area contributed by atoms with Crippen LogP contribution in [0.5, 0.6) is 0 Å². The second-order valence-electron chi connectivity index (χ2n) is 7.50. The zero-order valence-electron chi connectivity index (χ0n) is 18.4. The number of hydrogen-bond donors (Lipinski definition) is 2. The highest BCUT2D eigenvalue weighted by Crippen LogP contribution is 2.38. The molecule has 2 heterocycles. The Labute approximate surface area is 214 Å². The number of hydrogen-bond acceptors (Lipinski definition) is 7. The molecule has 2 N–H and O–H groups in total. The fraction of sp³-hybridized carbons (Fsp3) is 0.0769. The van der Waals surface area contributed by atoms with Crippen molar-refractivity contribution < 1.29 is 9.59 Å². The second kappa shape index (κ2) is 10.8. The Morgan fingerprint density at radius 3 is 1.91 bits per heavy atom. The van der Waals surface area contributed by atoms with Crippen LogP contribution in [0.4, 0.5) is 10.3 Å². The van der Waals surface area contributed by atoms with Crippen molar-refractivity contribution in [3.05, 3.63) is 84.9 Å². The summed E-state index contributed by atoms with van der Waals surface area (Å²) in [4.78, 5) is 34.9. The van der Waals surface area contributed by atoms with Gasteiger partial charge in [-0.1, -0.05) is 95.5 Å². The van der Waals surface area contributed by atoms with Gasteiger partial charge in [-0.3, -0.25) is 9.59 Å². The third kappa shape index (κ3) is 5.76. The van der Waals surface area contributed by atoms with Crippen molar-refractivity contribution in [2.24, 2.45) is 0 Å². The molecule has 0 bridgehead atoms. The van der Waals surface area contributed by atoms with Crippen LogP contribution in [-0.2, 0) is 9.59 Å². The molecule has 2 amide bonds. The number of nitrogens with one attached hydrogen (secondary N) is 2. The number of amides is 2. The van der Waals surface area contributed by atoms with Crippen LogP contribution in [0.25, 0.3) is 31.9 Å². The van der Waals surface area contributed by atoms with E-state index >= 15 is 0 Å². The molecular formula is C26H20N4O2S3. The molecule has 0 aliphatic rings. The number of benzene rings is 3. The van der Waals surface area contributed by atoms with Crippen molar-refractivity contribution in [3.8, 4) is 21.7 Å².